The molecule has 2 heterocycles. The molecule has 0 atom stereocenters. The van der Waals surface area contributed by atoms with Crippen molar-refractivity contribution in [3.8, 4) is 0 Å². The second-order valence-corrected chi connectivity index (χ2v) is 3.78. The van der Waals surface area contributed by atoms with E-state index in [9.17, 15) is 0 Å². The molecule has 0 spiro atoms. The van der Waals surface area contributed by atoms with Crippen molar-refractivity contribution in [3.63, 3.8) is 0 Å². The number of hydrogen-bond donors (Lipinski definition) is 1. The normalized spacial score (nSPS) is 11.2. The molecule has 0 unspecified atom stereocenters. The predicted octanol–water partition coefficient (Wildman–Crippen LogP) is 1.54. The van der Waals surface area contributed by atoms with Gasteiger partial charge in [-0.2, -0.15) is 0 Å². The minimum atomic E-state index is 0. The number of rotatable bonds is 2. The monoisotopic (exact) mass is 344 g/mol. The summed E-state index contributed by atoms with van der Waals surface area (Å²) in [4.78, 5) is 0. The van der Waals surface area contributed by atoms with Crippen LogP contribution in [0.3, 0.4) is 0 Å². The quantitative estimate of drug-likeness (QED) is 0.597. The molecule has 25 heavy (non-hydrogen) atoms. The minimum absolute atomic E-state index is 0. The van der Waals surface area contributed by atoms with E-state index in [0.29, 0.717) is 0 Å². The topological polar surface area (TPSA) is 26.1 Å². The van der Waals surface area contributed by atoms with Gasteiger partial charge in [-0.15, -0.1) is 13.1 Å². The first kappa shape index (κ1) is 56.2. The first-order valence-corrected chi connectivity index (χ1v) is 6.64. The van der Waals surface area contributed by atoms with E-state index in [4.69, 9.17) is 0 Å². The summed E-state index contributed by atoms with van der Waals surface area (Å²) in [6, 6.07) is 0. The molecule has 0 aliphatic carbocycles. The van der Waals surface area contributed by atoms with Crippen LogP contribution in [-0.4, -0.2) is 26.2 Å². The minimum Gasteiger partial charge on any atom is -1.00 e. The summed E-state index contributed by atoms with van der Waals surface area (Å²) < 4.78 is 0. The molecular weight excluding hydrogens is 294 g/mol. The largest absolute Gasteiger partial charge is 1.00 e. The van der Waals surface area contributed by atoms with Gasteiger partial charge in [0.1, 0.15) is 0 Å². The van der Waals surface area contributed by atoms with Crippen molar-refractivity contribution >= 4 is 0 Å². The second-order valence-electron chi connectivity index (χ2n) is 3.78. The number of hydrogen-bond acceptors (Lipinski definition) is 1. The van der Waals surface area contributed by atoms with E-state index in [1.807, 2.05) is 0 Å². The Bertz CT molecular complexity index is 157. The zero-order valence-electron chi connectivity index (χ0n) is 14.7. The van der Waals surface area contributed by atoms with Gasteiger partial charge in [0.25, 0.3) is 0 Å². The summed E-state index contributed by atoms with van der Waals surface area (Å²) in [6.07, 6.45) is 12.0. The summed E-state index contributed by atoms with van der Waals surface area (Å²) in [5.74, 6) is 0. The maximum Gasteiger partial charge on any atom is 1.00 e. The average Bonchev–Trinajstić information content (AvgIpc) is 3.14. The molecule has 0 bridgehead atoms. The maximum atomic E-state index is 4.08. The molecular formula is C21H50Li2N2. The summed E-state index contributed by atoms with van der Waals surface area (Å²) >= 11 is 0. The molecule has 2 rings (SSSR count). The van der Waals surface area contributed by atoms with Gasteiger partial charge in [0.05, 0.1) is 0 Å². The van der Waals surface area contributed by atoms with Crippen LogP contribution in [0.1, 0.15) is 64.2 Å². The van der Waals surface area contributed by atoms with Crippen LogP contribution in [0, 0.1) is 0 Å². The summed E-state index contributed by atoms with van der Waals surface area (Å²) in [5.41, 5.74) is 0. The molecule has 0 aromatic rings. The van der Waals surface area contributed by atoms with Gasteiger partial charge < -0.3 is 12.1 Å². The van der Waals surface area contributed by atoms with E-state index in [1.54, 1.807) is 24.3 Å². The fraction of sp³-hybridized carbons (Fsp3) is 0.619. The Kier molecular flexibility index (Phi) is 146. The third-order valence-corrected chi connectivity index (χ3v) is 2.17. The summed E-state index contributed by atoms with van der Waals surface area (Å²) in [6.45, 7) is 18.2. The van der Waals surface area contributed by atoms with Crippen molar-refractivity contribution in [2.75, 3.05) is 26.2 Å². The molecule has 2 nitrogen and oxygen atoms in total. The molecule has 2 aliphatic heterocycles. The van der Waals surface area contributed by atoms with Gasteiger partial charge in [-0.3, -0.25) is 0 Å². The Balaban J connectivity index is -0.0000000150. The standard InChI is InChI=1S/C4H9N.C4H8N.2C4H6.5CH4.2Li.H/c2*1-2-4-5-3-1;2*1-3-4-2;;;;;;;;/h5H,1-4H2;1-4H2;2*3-4H,1-2H2;5*1H4;;;/q;-1;;;;;;;;2*+1;-1. The van der Waals surface area contributed by atoms with Crippen molar-refractivity contribution in [1.82, 2.24) is 5.32 Å². The zero-order valence-corrected chi connectivity index (χ0v) is 13.7. The summed E-state index contributed by atoms with van der Waals surface area (Å²) in [5, 5.41) is 7.31. The van der Waals surface area contributed by atoms with Crippen molar-refractivity contribution in [2.24, 2.45) is 0 Å². The molecule has 0 amide bonds. The van der Waals surface area contributed by atoms with E-state index in [0.717, 1.165) is 13.1 Å². The van der Waals surface area contributed by atoms with Crippen LogP contribution >= 0.6 is 0 Å². The van der Waals surface area contributed by atoms with Crippen LogP contribution in [0.5, 0.6) is 0 Å². The van der Waals surface area contributed by atoms with Gasteiger partial charge in [-0.25, -0.2) is 0 Å². The smallest absolute Gasteiger partial charge is 1.00 e. The molecule has 2 fully saturated rings. The van der Waals surface area contributed by atoms with Gasteiger partial charge in [0.2, 0.25) is 0 Å². The molecule has 2 aliphatic rings. The SMILES string of the molecule is C.C.C.C.C.C1CCNC1.C1CC[N-]C1.C=CC=C.C=CC=C.[H-].[Li+].[Li+]. The van der Waals surface area contributed by atoms with Gasteiger partial charge in [-0.05, 0) is 25.9 Å². The third kappa shape index (κ3) is 80.5. The Morgan fingerprint density at radius 3 is 0.960 bits per heavy atom. The number of nitrogens with zero attached hydrogens (tertiary/aromatic N) is 1. The molecule has 1 N–H and O–H groups in total. The molecule has 0 aromatic heterocycles. The van der Waals surface area contributed by atoms with Gasteiger partial charge >= 0.3 is 37.7 Å². The molecule has 4 heteroatoms. The van der Waals surface area contributed by atoms with Gasteiger partial charge in [-0.1, -0.05) is 101 Å². The van der Waals surface area contributed by atoms with Crippen molar-refractivity contribution in [3.05, 3.63) is 55.9 Å². The van der Waals surface area contributed by atoms with Crippen molar-refractivity contribution in [2.45, 2.75) is 62.8 Å². The van der Waals surface area contributed by atoms with Gasteiger partial charge in [0, 0.05) is 0 Å². The fourth-order valence-electron chi connectivity index (χ4n) is 1.18. The van der Waals surface area contributed by atoms with E-state index in [1.165, 1.54) is 38.8 Å². The maximum absolute atomic E-state index is 4.08. The Hall–Kier alpha value is 0.0748. The van der Waals surface area contributed by atoms with E-state index in [2.05, 4.69) is 36.9 Å². The van der Waals surface area contributed by atoms with Crippen LogP contribution in [0.15, 0.2) is 50.6 Å². The zero-order chi connectivity index (χ0) is 13.9. The molecule has 2 saturated heterocycles. The number of allylic oxidation sites excluding steroid dienone is 4. The van der Waals surface area contributed by atoms with E-state index in [-0.39, 0.29) is 76.3 Å². The Morgan fingerprint density at radius 2 is 0.880 bits per heavy atom. The van der Waals surface area contributed by atoms with Crippen molar-refractivity contribution in [1.29, 1.82) is 0 Å². The van der Waals surface area contributed by atoms with E-state index < -0.39 is 0 Å². The fourth-order valence-corrected chi connectivity index (χ4v) is 1.18. The van der Waals surface area contributed by atoms with E-state index >= 15 is 0 Å². The third-order valence-electron chi connectivity index (χ3n) is 2.17. The van der Waals surface area contributed by atoms with Crippen LogP contribution < -0.4 is 43.0 Å². The van der Waals surface area contributed by atoms with Gasteiger partial charge in [0.15, 0.2) is 0 Å². The second kappa shape index (κ2) is 64.7. The van der Waals surface area contributed by atoms with Crippen LogP contribution in [0.4, 0.5) is 0 Å². The van der Waals surface area contributed by atoms with Crippen molar-refractivity contribution < 1.29 is 39.1 Å². The molecule has 0 aromatic carbocycles. The molecule has 0 radical (unpaired) electrons. The van der Waals surface area contributed by atoms with Crippen LogP contribution in [-0.2, 0) is 0 Å². The Morgan fingerprint density at radius 1 is 0.600 bits per heavy atom. The number of nitrogens with one attached hydrogen (secondary N) is 1. The van der Waals surface area contributed by atoms with Crippen LogP contribution in [0.2, 0.25) is 0 Å². The average molecular weight is 345 g/mol. The molecule has 0 saturated carbocycles. The first-order valence-electron chi connectivity index (χ1n) is 6.64. The Labute approximate surface area is 188 Å². The first-order chi connectivity index (χ1) is 8.83. The molecule has 146 valence electrons. The summed E-state index contributed by atoms with van der Waals surface area (Å²) in [7, 11) is 0. The predicted molar refractivity (Wildman–Crippen MR) is 120 cm³/mol. The van der Waals surface area contributed by atoms with Crippen LogP contribution in [0.25, 0.3) is 5.32 Å².